The lowest BCUT2D eigenvalue weighted by molar-refractivity contribution is 1.06. The standard InChI is InChI=1S/C24H13N6/c1-2-7-16-15(6-1)12-28-30-23(16)17-8-5-11-20-22(17)24(27-14-26-20)21-13-25-18-9-3-4-10-19(18)29-21/h1-13H. The van der Waals surface area contributed by atoms with Crippen LogP contribution in [0.25, 0.3) is 55.4 Å². The largest absolute Gasteiger partial charge is 0.252 e. The summed E-state index contributed by atoms with van der Waals surface area (Å²) in [7, 11) is 0. The Kier molecular flexibility index (Phi) is 3.67. The number of hydrogen-bond donors (Lipinski definition) is 0. The van der Waals surface area contributed by atoms with Crippen molar-refractivity contribution < 1.29 is 0 Å². The lowest BCUT2D eigenvalue weighted by Crippen LogP contribution is -1.97. The van der Waals surface area contributed by atoms with Gasteiger partial charge < -0.3 is 0 Å². The second-order valence-corrected chi connectivity index (χ2v) is 6.90. The smallest absolute Gasteiger partial charge is 0.199 e. The van der Waals surface area contributed by atoms with Crippen LogP contribution in [0.2, 0.25) is 0 Å². The Balaban J connectivity index is 1.69. The Morgan fingerprint density at radius 3 is 2.47 bits per heavy atom. The molecule has 139 valence electrons. The maximum absolute atomic E-state index is 4.78. The van der Waals surface area contributed by atoms with Crippen molar-refractivity contribution in [2.24, 2.45) is 0 Å². The third-order valence-electron chi connectivity index (χ3n) is 5.13. The van der Waals surface area contributed by atoms with Gasteiger partial charge in [0.2, 0.25) is 0 Å². The molecule has 3 aromatic heterocycles. The molecule has 0 amide bonds. The number of benzene rings is 3. The predicted molar refractivity (Wildman–Crippen MR) is 115 cm³/mol. The van der Waals surface area contributed by atoms with Crippen LogP contribution in [0.3, 0.4) is 0 Å². The topological polar surface area (TPSA) is 77.3 Å². The van der Waals surface area contributed by atoms with Crippen molar-refractivity contribution in [3.05, 3.63) is 85.5 Å². The predicted octanol–water partition coefficient (Wildman–Crippen LogP) is 4.65. The second kappa shape index (κ2) is 6.63. The van der Waals surface area contributed by atoms with Gasteiger partial charge in [0.25, 0.3) is 0 Å². The van der Waals surface area contributed by atoms with Crippen molar-refractivity contribution in [1.29, 1.82) is 0 Å². The van der Waals surface area contributed by atoms with E-state index in [9.17, 15) is 0 Å². The van der Waals surface area contributed by atoms with Crippen molar-refractivity contribution in [3.8, 4) is 22.6 Å². The molecule has 0 aliphatic rings. The van der Waals surface area contributed by atoms with Crippen LogP contribution in [0.5, 0.6) is 0 Å². The number of nitrogens with zero attached hydrogens (tertiary/aromatic N) is 6. The molecule has 0 unspecified atom stereocenters. The molecule has 3 aromatic carbocycles. The van der Waals surface area contributed by atoms with Crippen LogP contribution in [-0.4, -0.2) is 30.1 Å². The normalized spacial score (nSPS) is 11.3. The maximum Gasteiger partial charge on any atom is 0.199 e. The minimum Gasteiger partial charge on any atom is -0.252 e. The molecule has 6 nitrogen and oxygen atoms in total. The summed E-state index contributed by atoms with van der Waals surface area (Å²) in [5.41, 5.74) is 5.43. The maximum atomic E-state index is 4.78. The number of hydrogen-bond acceptors (Lipinski definition) is 6. The molecule has 0 atom stereocenters. The second-order valence-electron chi connectivity index (χ2n) is 6.90. The van der Waals surface area contributed by atoms with Gasteiger partial charge in [-0.05, 0) is 18.2 Å². The fourth-order valence-corrected chi connectivity index (χ4v) is 3.75. The van der Waals surface area contributed by atoms with Gasteiger partial charge in [0.05, 0.1) is 28.9 Å². The van der Waals surface area contributed by atoms with Crippen molar-refractivity contribution in [2.45, 2.75) is 0 Å². The fourth-order valence-electron chi connectivity index (χ4n) is 3.75. The summed E-state index contributed by atoms with van der Waals surface area (Å²) in [6, 6.07) is 21.7. The van der Waals surface area contributed by atoms with Gasteiger partial charge in [-0.15, -0.1) is 5.10 Å². The van der Waals surface area contributed by atoms with E-state index < -0.39 is 0 Å². The molecule has 0 aliphatic heterocycles. The van der Waals surface area contributed by atoms with Gasteiger partial charge >= 0.3 is 0 Å². The first kappa shape index (κ1) is 16.6. The summed E-state index contributed by atoms with van der Waals surface area (Å²) in [5, 5.41) is 11.6. The zero-order chi connectivity index (χ0) is 19.9. The highest BCUT2D eigenvalue weighted by molar-refractivity contribution is 6.07. The SMILES string of the molecule is [c]1nc(-c2cnc3ccccc3n2)c2c(-c3nncc4ccccc34)cccc2n1. The first-order valence-corrected chi connectivity index (χ1v) is 9.48. The van der Waals surface area contributed by atoms with E-state index in [0.29, 0.717) is 11.4 Å². The molecule has 0 N–H and O–H groups in total. The Labute approximate surface area is 171 Å². The molecule has 0 saturated carbocycles. The highest BCUT2D eigenvalue weighted by Crippen LogP contribution is 2.35. The third-order valence-corrected chi connectivity index (χ3v) is 5.13. The van der Waals surface area contributed by atoms with Gasteiger partial charge in [-0.2, -0.15) is 5.10 Å². The Morgan fingerprint density at radius 2 is 1.50 bits per heavy atom. The van der Waals surface area contributed by atoms with E-state index in [2.05, 4.69) is 31.5 Å². The molecule has 0 bridgehead atoms. The monoisotopic (exact) mass is 385 g/mol. The third kappa shape index (κ3) is 2.58. The van der Waals surface area contributed by atoms with E-state index in [1.807, 2.05) is 66.7 Å². The van der Waals surface area contributed by atoms with Gasteiger partial charge in [0, 0.05) is 21.7 Å². The minimum atomic E-state index is 0.665. The molecule has 6 aromatic rings. The van der Waals surface area contributed by atoms with E-state index >= 15 is 0 Å². The number of aromatic nitrogens is 6. The number of rotatable bonds is 2. The summed E-state index contributed by atoms with van der Waals surface area (Å²) in [6.45, 7) is 0. The molecule has 0 saturated heterocycles. The number of para-hydroxylation sites is 2. The zero-order valence-corrected chi connectivity index (χ0v) is 15.7. The minimum absolute atomic E-state index is 0.665. The van der Waals surface area contributed by atoms with E-state index in [4.69, 9.17) is 4.98 Å². The fraction of sp³-hybridized carbons (Fsp3) is 0. The zero-order valence-electron chi connectivity index (χ0n) is 15.7. The van der Waals surface area contributed by atoms with Crippen molar-refractivity contribution in [1.82, 2.24) is 30.1 Å². The van der Waals surface area contributed by atoms with Crippen LogP contribution < -0.4 is 0 Å². The van der Waals surface area contributed by atoms with Gasteiger partial charge in [-0.1, -0.05) is 48.5 Å². The van der Waals surface area contributed by atoms with E-state index in [-0.39, 0.29) is 0 Å². The van der Waals surface area contributed by atoms with Crippen LogP contribution in [0, 0.1) is 6.33 Å². The summed E-state index contributed by atoms with van der Waals surface area (Å²) < 4.78 is 0. The lowest BCUT2D eigenvalue weighted by atomic mass is 9.99. The first-order chi connectivity index (χ1) is 14.9. The van der Waals surface area contributed by atoms with Gasteiger partial charge in [0.15, 0.2) is 6.33 Å². The van der Waals surface area contributed by atoms with Crippen LogP contribution in [-0.2, 0) is 0 Å². The van der Waals surface area contributed by atoms with E-state index in [1.165, 1.54) is 0 Å². The average molecular weight is 385 g/mol. The molecule has 6 heteroatoms. The van der Waals surface area contributed by atoms with Crippen LogP contribution in [0.4, 0.5) is 0 Å². The lowest BCUT2D eigenvalue weighted by Gasteiger charge is -2.11. The highest BCUT2D eigenvalue weighted by Gasteiger charge is 2.17. The molecular formula is C24H13N6. The van der Waals surface area contributed by atoms with Crippen LogP contribution in [0.1, 0.15) is 0 Å². The Morgan fingerprint density at radius 1 is 0.667 bits per heavy atom. The average Bonchev–Trinajstić information content (AvgIpc) is 2.82. The summed E-state index contributed by atoms with van der Waals surface area (Å²) in [6.07, 6.45) is 6.27. The van der Waals surface area contributed by atoms with Crippen LogP contribution >= 0.6 is 0 Å². The molecule has 6 rings (SSSR count). The molecule has 1 radical (unpaired) electrons. The summed E-state index contributed by atoms with van der Waals surface area (Å²) in [4.78, 5) is 18.2. The van der Waals surface area contributed by atoms with Crippen molar-refractivity contribution in [2.75, 3.05) is 0 Å². The van der Waals surface area contributed by atoms with E-state index in [0.717, 1.165) is 44.0 Å². The highest BCUT2D eigenvalue weighted by atomic mass is 15.1. The van der Waals surface area contributed by atoms with E-state index in [1.54, 1.807) is 12.4 Å². The van der Waals surface area contributed by atoms with Gasteiger partial charge in [-0.3, -0.25) is 4.98 Å². The van der Waals surface area contributed by atoms with Crippen molar-refractivity contribution >= 4 is 32.7 Å². The Hall–Kier alpha value is -4.32. The molecule has 3 heterocycles. The molecule has 0 fully saturated rings. The van der Waals surface area contributed by atoms with Gasteiger partial charge in [0.1, 0.15) is 17.1 Å². The number of fused-ring (bicyclic) bond motifs is 3. The molecular weight excluding hydrogens is 372 g/mol. The quantitative estimate of drug-likeness (QED) is 0.432. The summed E-state index contributed by atoms with van der Waals surface area (Å²) >= 11 is 0. The summed E-state index contributed by atoms with van der Waals surface area (Å²) in [5.74, 6) is 0. The van der Waals surface area contributed by atoms with Crippen LogP contribution in [0.15, 0.2) is 79.1 Å². The Bertz CT molecular complexity index is 1550. The molecule has 30 heavy (non-hydrogen) atoms. The molecule has 0 spiro atoms. The van der Waals surface area contributed by atoms with Gasteiger partial charge in [-0.25, -0.2) is 15.0 Å². The molecule has 0 aliphatic carbocycles. The van der Waals surface area contributed by atoms with Crippen molar-refractivity contribution in [3.63, 3.8) is 0 Å². The first-order valence-electron chi connectivity index (χ1n) is 9.48.